The number of thioether (sulfide) groups is 1. The molecule has 0 unspecified atom stereocenters. The Bertz CT molecular complexity index is 1200. The fourth-order valence-corrected chi connectivity index (χ4v) is 4.84. The van der Waals surface area contributed by atoms with Crippen LogP contribution in [-0.4, -0.2) is 32.3 Å². The number of carbonyl (C=O) groups is 2. The van der Waals surface area contributed by atoms with Crippen molar-refractivity contribution < 1.29 is 9.59 Å². The quantitative estimate of drug-likeness (QED) is 0.279. The number of nitrogens with one attached hydrogen (secondary N) is 2. The number of hydrogen-bond acceptors (Lipinski definition) is 5. The van der Waals surface area contributed by atoms with E-state index in [9.17, 15) is 9.59 Å². The molecule has 7 nitrogen and oxygen atoms in total. The number of rotatable bonds is 10. The Morgan fingerprint density at radius 3 is 2.43 bits per heavy atom. The Hall–Kier alpha value is -2.26. The first-order chi connectivity index (χ1) is 16.7. The molecule has 2 aromatic carbocycles. The van der Waals surface area contributed by atoms with Gasteiger partial charge in [-0.15, -0.1) is 10.2 Å². The largest absolute Gasteiger partial charge is 0.342 e. The normalized spacial score (nSPS) is 12.0. The van der Waals surface area contributed by atoms with Gasteiger partial charge in [-0.1, -0.05) is 78.6 Å². The standard InChI is InChI=1S/C24H26Cl3N5O2S/c1-4-32-22(19(12-14(2)3)29-23(34)15-8-5-6-9-16(15)25)30-31-24(32)35-13-20(33)28-18-11-7-10-17(26)21(18)27/h5-11,14,19H,4,12-13H2,1-3H3,(H,28,33)(H,29,34)/t19-/m1/s1. The average molecular weight is 555 g/mol. The minimum absolute atomic E-state index is 0.0990. The molecule has 0 aliphatic carbocycles. The van der Waals surface area contributed by atoms with Gasteiger partial charge in [-0.05, 0) is 43.5 Å². The summed E-state index contributed by atoms with van der Waals surface area (Å²) in [5.41, 5.74) is 0.845. The van der Waals surface area contributed by atoms with Crippen molar-refractivity contribution in [1.29, 1.82) is 0 Å². The second-order valence-corrected chi connectivity index (χ2v) is 10.3. The van der Waals surface area contributed by atoms with Gasteiger partial charge in [-0.2, -0.15) is 0 Å². The number of amides is 2. The van der Waals surface area contributed by atoms with Crippen molar-refractivity contribution in [2.75, 3.05) is 11.1 Å². The van der Waals surface area contributed by atoms with Crippen LogP contribution in [0.2, 0.25) is 15.1 Å². The molecule has 3 aromatic rings. The van der Waals surface area contributed by atoms with Crippen LogP contribution in [0.3, 0.4) is 0 Å². The van der Waals surface area contributed by atoms with Crippen LogP contribution in [0.4, 0.5) is 5.69 Å². The summed E-state index contributed by atoms with van der Waals surface area (Å²) in [6, 6.07) is 11.6. The van der Waals surface area contributed by atoms with Crippen molar-refractivity contribution in [2.45, 2.75) is 44.9 Å². The van der Waals surface area contributed by atoms with E-state index in [0.29, 0.717) is 45.2 Å². The molecule has 1 heterocycles. The van der Waals surface area contributed by atoms with Crippen LogP contribution < -0.4 is 10.6 Å². The predicted molar refractivity (Wildman–Crippen MR) is 143 cm³/mol. The molecule has 0 bridgehead atoms. The summed E-state index contributed by atoms with van der Waals surface area (Å²) in [4.78, 5) is 25.5. The van der Waals surface area contributed by atoms with Crippen molar-refractivity contribution in [3.8, 4) is 0 Å². The van der Waals surface area contributed by atoms with Gasteiger partial charge in [-0.3, -0.25) is 9.59 Å². The third-order valence-corrected chi connectivity index (χ3v) is 7.18. The third kappa shape index (κ3) is 7.13. The fourth-order valence-electron chi connectivity index (χ4n) is 3.46. The maximum atomic E-state index is 12.9. The molecule has 0 aliphatic rings. The van der Waals surface area contributed by atoms with E-state index >= 15 is 0 Å². The highest BCUT2D eigenvalue weighted by Crippen LogP contribution is 2.30. The maximum absolute atomic E-state index is 12.9. The van der Waals surface area contributed by atoms with Crippen LogP contribution in [0.25, 0.3) is 0 Å². The van der Waals surface area contributed by atoms with Crippen LogP contribution in [0.1, 0.15) is 49.4 Å². The second kappa shape index (κ2) is 12.6. The monoisotopic (exact) mass is 553 g/mol. The van der Waals surface area contributed by atoms with Gasteiger partial charge in [0.1, 0.15) is 0 Å². The predicted octanol–water partition coefficient (Wildman–Crippen LogP) is 6.51. The lowest BCUT2D eigenvalue weighted by Gasteiger charge is -2.21. The minimum Gasteiger partial charge on any atom is -0.342 e. The SMILES string of the molecule is CCn1c(SCC(=O)Nc2cccc(Cl)c2Cl)nnc1[C@@H](CC(C)C)NC(=O)c1ccccc1Cl. The highest BCUT2D eigenvalue weighted by molar-refractivity contribution is 7.99. The Morgan fingerprint density at radius 2 is 1.74 bits per heavy atom. The molecule has 2 N–H and O–H groups in total. The number of anilines is 1. The summed E-state index contributed by atoms with van der Waals surface area (Å²) in [7, 11) is 0. The second-order valence-electron chi connectivity index (χ2n) is 8.16. The first-order valence-corrected chi connectivity index (χ1v) is 13.2. The van der Waals surface area contributed by atoms with E-state index in [0.717, 1.165) is 0 Å². The summed E-state index contributed by atoms with van der Waals surface area (Å²) in [6.45, 7) is 6.68. The molecule has 0 saturated heterocycles. The zero-order chi connectivity index (χ0) is 25.5. The van der Waals surface area contributed by atoms with Crippen LogP contribution in [0.5, 0.6) is 0 Å². The van der Waals surface area contributed by atoms with E-state index in [4.69, 9.17) is 34.8 Å². The molecule has 3 rings (SSSR count). The number of carbonyl (C=O) groups excluding carboxylic acids is 2. The molecule has 0 aliphatic heterocycles. The van der Waals surface area contributed by atoms with Crippen molar-refractivity contribution in [2.24, 2.45) is 5.92 Å². The zero-order valence-corrected chi connectivity index (χ0v) is 22.6. The van der Waals surface area contributed by atoms with E-state index in [2.05, 4.69) is 34.7 Å². The molecule has 1 atom stereocenters. The summed E-state index contributed by atoms with van der Waals surface area (Å²) in [5, 5.41) is 16.1. The first-order valence-electron chi connectivity index (χ1n) is 11.1. The van der Waals surface area contributed by atoms with E-state index in [1.807, 2.05) is 11.5 Å². The summed E-state index contributed by atoms with van der Waals surface area (Å²) in [5.74, 6) is 0.484. The van der Waals surface area contributed by atoms with Crippen LogP contribution in [-0.2, 0) is 11.3 Å². The lowest BCUT2D eigenvalue weighted by atomic mass is 10.0. The number of aromatic nitrogens is 3. The van der Waals surface area contributed by atoms with Gasteiger partial charge < -0.3 is 15.2 Å². The van der Waals surface area contributed by atoms with Crippen LogP contribution in [0, 0.1) is 5.92 Å². The number of hydrogen-bond donors (Lipinski definition) is 2. The topological polar surface area (TPSA) is 88.9 Å². The fraction of sp³-hybridized carbons (Fsp3) is 0.333. The molecule has 0 fully saturated rings. The summed E-state index contributed by atoms with van der Waals surface area (Å²) >= 11 is 19.6. The zero-order valence-electron chi connectivity index (χ0n) is 19.5. The van der Waals surface area contributed by atoms with Gasteiger partial charge >= 0.3 is 0 Å². The van der Waals surface area contributed by atoms with Crippen LogP contribution >= 0.6 is 46.6 Å². The van der Waals surface area contributed by atoms with Gasteiger partial charge in [0.05, 0.1) is 38.1 Å². The number of nitrogens with zero attached hydrogens (tertiary/aromatic N) is 3. The lowest BCUT2D eigenvalue weighted by molar-refractivity contribution is -0.113. The highest BCUT2D eigenvalue weighted by Gasteiger charge is 2.25. The lowest BCUT2D eigenvalue weighted by Crippen LogP contribution is -2.31. The molecule has 2 amide bonds. The Labute approximate surface area is 223 Å². The molecule has 11 heteroatoms. The van der Waals surface area contributed by atoms with Gasteiger partial charge in [0, 0.05) is 6.54 Å². The molecular formula is C24H26Cl3N5O2S. The van der Waals surface area contributed by atoms with Gasteiger partial charge in [0.15, 0.2) is 11.0 Å². The van der Waals surface area contributed by atoms with Crippen molar-refractivity contribution >= 4 is 64.1 Å². The van der Waals surface area contributed by atoms with Crippen molar-refractivity contribution in [3.05, 3.63) is 68.9 Å². The van der Waals surface area contributed by atoms with Crippen LogP contribution in [0.15, 0.2) is 47.6 Å². The van der Waals surface area contributed by atoms with Gasteiger partial charge in [0.25, 0.3) is 5.91 Å². The molecular weight excluding hydrogens is 529 g/mol. The number of benzene rings is 2. The Morgan fingerprint density at radius 1 is 1.03 bits per heavy atom. The van der Waals surface area contributed by atoms with Gasteiger partial charge in [0.2, 0.25) is 5.91 Å². The summed E-state index contributed by atoms with van der Waals surface area (Å²) < 4.78 is 1.91. The van der Waals surface area contributed by atoms with E-state index < -0.39 is 0 Å². The molecule has 0 spiro atoms. The smallest absolute Gasteiger partial charge is 0.253 e. The summed E-state index contributed by atoms with van der Waals surface area (Å²) in [6.07, 6.45) is 0.659. The molecule has 0 radical (unpaired) electrons. The van der Waals surface area contributed by atoms with E-state index in [1.165, 1.54) is 11.8 Å². The third-order valence-electron chi connectivity index (χ3n) is 5.06. The number of halogens is 3. The molecule has 0 saturated carbocycles. The average Bonchev–Trinajstić information content (AvgIpc) is 3.23. The molecule has 186 valence electrons. The highest BCUT2D eigenvalue weighted by atomic mass is 35.5. The minimum atomic E-state index is -0.375. The van der Waals surface area contributed by atoms with Crippen molar-refractivity contribution in [3.63, 3.8) is 0 Å². The first kappa shape index (κ1) is 27.3. The molecule has 1 aromatic heterocycles. The van der Waals surface area contributed by atoms with E-state index in [-0.39, 0.29) is 34.5 Å². The van der Waals surface area contributed by atoms with Crippen molar-refractivity contribution in [1.82, 2.24) is 20.1 Å². The Balaban J connectivity index is 1.75. The van der Waals surface area contributed by atoms with Gasteiger partial charge in [-0.25, -0.2) is 0 Å². The Kier molecular flexibility index (Phi) is 9.86. The molecule has 35 heavy (non-hydrogen) atoms. The maximum Gasteiger partial charge on any atom is 0.253 e. The van der Waals surface area contributed by atoms with E-state index in [1.54, 1.807) is 42.5 Å².